The van der Waals surface area contributed by atoms with Gasteiger partial charge in [-0.1, -0.05) is 0 Å². The van der Waals surface area contributed by atoms with Crippen molar-refractivity contribution < 1.29 is 19.2 Å². The van der Waals surface area contributed by atoms with Gasteiger partial charge in [-0.15, -0.1) is 0 Å². The third-order valence-electron chi connectivity index (χ3n) is 3.94. The molecule has 8 nitrogen and oxygen atoms in total. The molecule has 0 unspecified atom stereocenters. The lowest BCUT2D eigenvalue weighted by molar-refractivity contribution is -0.384. The highest BCUT2D eigenvalue weighted by Crippen LogP contribution is 2.28. The first kappa shape index (κ1) is 17.7. The number of carbonyl (C=O) groups excluding carboxylic acids is 2. The summed E-state index contributed by atoms with van der Waals surface area (Å²) >= 11 is 0. The summed E-state index contributed by atoms with van der Waals surface area (Å²) in [5.74, 6) is -0.983. The van der Waals surface area contributed by atoms with Crippen molar-refractivity contribution in [2.24, 2.45) is 0 Å². The van der Waals surface area contributed by atoms with E-state index in [2.05, 4.69) is 0 Å². The van der Waals surface area contributed by atoms with Crippen LogP contribution in [0.25, 0.3) is 0 Å². The van der Waals surface area contributed by atoms with Crippen LogP contribution in [0.2, 0.25) is 0 Å². The highest BCUT2D eigenvalue weighted by atomic mass is 16.6. The molecule has 0 aromatic heterocycles. The van der Waals surface area contributed by atoms with E-state index in [9.17, 15) is 19.7 Å². The van der Waals surface area contributed by atoms with Gasteiger partial charge in [-0.2, -0.15) is 0 Å². The largest absolute Gasteiger partial charge is 0.449 e. The van der Waals surface area contributed by atoms with E-state index >= 15 is 0 Å². The maximum Gasteiger partial charge on any atom is 0.339 e. The van der Waals surface area contributed by atoms with Gasteiger partial charge in [-0.25, -0.2) is 4.79 Å². The third-order valence-corrected chi connectivity index (χ3v) is 3.94. The first-order valence-corrected chi connectivity index (χ1v) is 7.76. The van der Waals surface area contributed by atoms with E-state index in [1.807, 2.05) is 0 Å². The lowest BCUT2D eigenvalue weighted by Crippen LogP contribution is -2.38. The van der Waals surface area contributed by atoms with E-state index in [4.69, 9.17) is 4.74 Å². The van der Waals surface area contributed by atoms with Crippen LogP contribution in [0.15, 0.2) is 18.2 Å². The van der Waals surface area contributed by atoms with Crippen molar-refractivity contribution in [3.63, 3.8) is 0 Å². The van der Waals surface area contributed by atoms with Gasteiger partial charge in [0.2, 0.25) is 0 Å². The number of rotatable bonds is 5. The maximum absolute atomic E-state index is 12.2. The molecule has 0 radical (unpaired) electrons. The average molecular weight is 335 g/mol. The number of benzene rings is 1. The molecule has 1 heterocycles. The van der Waals surface area contributed by atoms with Gasteiger partial charge in [0.1, 0.15) is 5.69 Å². The van der Waals surface area contributed by atoms with E-state index in [0.29, 0.717) is 18.8 Å². The van der Waals surface area contributed by atoms with Gasteiger partial charge in [0, 0.05) is 33.3 Å². The van der Waals surface area contributed by atoms with E-state index in [1.165, 1.54) is 25.1 Å². The van der Waals surface area contributed by atoms with Crippen molar-refractivity contribution in [2.75, 3.05) is 32.1 Å². The number of esters is 1. The van der Waals surface area contributed by atoms with Crippen molar-refractivity contribution in [1.29, 1.82) is 0 Å². The van der Waals surface area contributed by atoms with E-state index in [1.54, 1.807) is 23.9 Å². The molecule has 1 aromatic carbocycles. The van der Waals surface area contributed by atoms with Gasteiger partial charge in [0.25, 0.3) is 11.6 Å². The summed E-state index contributed by atoms with van der Waals surface area (Å²) in [4.78, 5) is 38.2. The molecular weight excluding hydrogens is 314 g/mol. The van der Waals surface area contributed by atoms with Crippen LogP contribution in [0, 0.1) is 10.1 Å². The number of nitrogens with zero attached hydrogens (tertiary/aromatic N) is 3. The molecule has 1 atom stereocenters. The predicted molar refractivity (Wildman–Crippen MR) is 88.1 cm³/mol. The Hall–Kier alpha value is -2.64. The van der Waals surface area contributed by atoms with Crippen LogP contribution >= 0.6 is 0 Å². The Morgan fingerprint density at radius 3 is 2.46 bits per heavy atom. The summed E-state index contributed by atoms with van der Waals surface area (Å²) in [6, 6.07) is 4.12. The minimum Gasteiger partial charge on any atom is -0.449 e. The molecule has 0 spiro atoms. The molecule has 1 aromatic rings. The van der Waals surface area contributed by atoms with E-state index in [-0.39, 0.29) is 17.2 Å². The topological polar surface area (TPSA) is 93.0 Å². The quantitative estimate of drug-likeness (QED) is 0.463. The summed E-state index contributed by atoms with van der Waals surface area (Å²) in [6.07, 6.45) is 0.984. The van der Waals surface area contributed by atoms with Gasteiger partial charge in [-0.3, -0.25) is 14.9 Å². The smallest absolute Gasteiger partial charge is 0.339 e. The molecule has 0 bridgehead atoms. The summed E-state index contributed by atoms with van der Waals surface area (Å²) in [5.41, 5.74) is 0.249. The summed E-state index contributed by atoms with van der Waals surface area (Å²) < 4.78 is 5.18. The van der Waals surface area contributed by atoms with Gasteiger partial charge in [0.05, 0.1) is 10.5 Å². The van der Waals surface area contributed by atoms with Crippen LogP contribution in [0.5, 0.6) is 0 Å². The first-order chi connectivity index (χ1) is 11.3. The van der Waals surface area contributed by atoms with Crippen LogP contribution in [-0.2, 0) is 9.53 Å². The van der Waals surface area contributed by atoms with Gasteiger partial charge < -0.3 is 14.5 Å². The molecular formula is C16H21N3O5. The molecule has 2 rings (SSSR count). The molecule has 1 amide bonds. The molecule has 8 heteroatoms. The number of likely N-dealkylation sites (tertiary alicyclic amines) is 1. The number of amides is 1. The Bertz CT molecular complexity index is 653. The zero-order valence-corrected chi connectivity index (χ0v) is 14.0. The number of ether oxygens (including phenoxy) is 1. The molecule has 1 aliphatic rings. The van der Waals surface area contributed by atoms with Crippen molar-refractivity contribution in [3.8, 4) is 0 Å². The minimum atomic E-state index is -0.914. The standard InChI is InChI=1S/C16H21N3O5/c1-11(15(20)18-8-4-5-9-18)24-16(21)12-6-7-13(17(2)3)14(10-12)19(22)23/h6-7,10-11H,4-5,8-9H2,1-3H3/t11-/m1/s1. The number of hydrogen-bond acceptors (Lipinski definition) is 6. The van der Waals surface area contributed by atoms with Crippen LogP contribution in [0.1, 0.15) is 30.1 Å². The van der Waals surface area contributed by atoms with E-state index < -0.39 is 17.0 Å². The van der Waals surface area contributed by atoms with Gasteiger partial charge >= 0.3 is 5.97 Å². The van der Waals surface area contributed by atoms with Gasteiger partial charge in [-0.05, 0) is 31.9 Å². The molecule has 1 aliphatic heterocycles. The number of nitro benzene ring substituents is 1. The zero-order valence-electron chi connectivity index (χ0n) is 14.0. The Morgan fingerprint density at radius 1 is 1.29 bits per heavy atom. The molecule has 1 fully saturated rings. The molecule has 24 heavy (non-hydrogen) atoms. The monoisotopic (exact) mass is 335 g/mol. The molecule has 0 saturated carbocycles. The Labute approximate surface area is 140 Å². The minimum absolute atomic E-state index is 0.0494. The number of nitro groups is 1. The highest BCUT2D eigenvalue weighted by Gasteiger charge is 2.27. The van der Waals surface area contributed by atoms with Crippen LogP contribution in [-0.4, -0.2) is 55.0 Å². The average Bonchev–Trinajstić information content (AvgIpc) is 3.07. The van der Waals surface area contributed by atoms with Crippen molar-refractivity contribution in [3.05, 3.63) is 33.9 Å². The second kappa shape index (κ2) is 7.29. The predicted octanol–water partition coefficient (Wildman–Crippen LogP) is 1.83. The normalized spacial score (nSPS) is 15.0. The first-order valence-electron chi connectivity index (χ1n) is 7.76. The summed E-state index contributed by atoms with van der Waals surface area (Å²) in [7, 11) is 3.36. The van der Waals surface area contributed by atoms with Gasteiger partial charge in [0.15, 0.2) is 6.10 Å². The highest BCUT2D eigenvalue weighted by molar-refractivity contribution is 5.93. The van der Waals surface area contributed by atoms with Crippen molar-refractivity contribution in [1.82, 2.24) is 4.90 Å². The summed E-state index contributed by atoms with van der Waals surface area (Å²) in [5, 5.41) is 11.2. The Kier molecular flexibility index (Phi) is 5.38. The Morgan fingerprint density at radius 2 is 1.92 bits per heavy atom. The molecule has 1 saturated heterocycles. The van der Waals surface area contributed by atoms with Crippen LogP contribution < -0.4 is 4.90 Å². The van der Waals surface area contributed by atoms with Crippen LogP contribution in [0.3, 0.4) is 0 Å². The number of hydrogen-bond donors (Lipinski definition) is 0. The fourth-order valence-corrected chi connectivity index (χ4v) is 2.65. The van der Waals surface area contributed by atoms with Crippen LogP contribution in [0.4, 0.5) is 11.4 Å². The SMILES string of the molecule is C[C@@H](OC(=O)c1ccc(N(C)C)c([N+](=O)[O-])c1)C(=O)N1CCCC1. The molecule has 130 valence electrons. The Balaban J connectivity index is 2.13. The molecule has 0 N–H and O–H groups in total. The van der Waals surface area contributed by atoms with E-state index in [0.717, 1.165) is 12.8 Å². The zero-order chi connectivity index (χ0) is 17.9. The number of carbonyl (C=O) groups is 2. The fraction of sp³-hybridized carbons (Fsp3) is 0.500. The summed E-state index contributed by atoms with van der Waals surface area (Å²) in [6.45, 7) is 2.86. The fourth-order valence-electron chi connectivity index (χ4n) is 2.65. The van der Waals surface area contributed by atoms with Crippen molar-refractivity contribution >= 4 is 23.3 Å². The second-order valence-electron chi connectivity index (χ2n) is 5.93. The lowest BCUT2D eigenvalue weighted by Gasteiger charge is -2.20. The third kappa shape index (κ3) is 3.81. The number of anilines is 1. The van der Waals surface area contributed by atoms with Crippen molar-refractivity contribution in [2.45, 2.75) is 25.9 Å². The second-order valence-corrected chi connectivity index (χ2v) is 5.93. The molecule has 0 aliphatic carbocycles. The lowest BCUT2D eigenvalue weighted by atomic mass is 10.1. The maximum atomic E-state index is 12.2.